The minimum atomic E-state index is -3.64. The number of methoxy groups -OCH3 is 2. The van der Waals surface area contributed by atoms with Crippen LogP contribution in [0.4, 0.5) is 0 Å². The van der Waals surface area contributed by atoms with E-state index in [0.29, 0.717) is 16.7 Å². The Bertz CT molecular complexity index is 963. The van der Waals surface area contributed by atoms with Gasteiger partial charge >= 0.3 is 0 Å². The van der Waals surface area contributed by atoms with E-state index in [1.807, 2.05) is 18.2 Å². The Labute approximate surface area is 141 Å². The monoisotopic (exact) mass is 342 g/mol. The molecule has 0 amide bonds. The zero-order valence-electron chi connectivity index (χ0n) is 13.5. The van der Waals surface area contributed by atoms with Crippen molar-refractivity contribution in [1.82, 2.24) is 0 Å². The predicted octanol–water partition coefficient (Wildman–Crippen LogP) is 3.83. The number of sulfone groups is 1. The number of hydrogen-bond donors (Lipinski definition) is 0. The molecule has 0 spiro atoms. The summed E-state index contributed by atoms with van der Waals surface area (Å²) in [4.78, 5) is 0.529. The van der Waals surface area contributed by atoms with Crippen LogP contribution >= 0.6 is 0 Å². The van der Waals surface area contributed by atoms with Gasteiger partial charge in [0, 0.05) is 23.4 Å². The maximum Gasteiger partial charge on any atom is 0.207 e. The quantitative estimate of drug-likeness (QED) is 0.707. The van der Waals surface area contributed by atoms with E-state index in [-0.39, 0.29) is 16.4 Å². The third-order valence-corrected chi connectivity index (χ3v) is 5.69. The van der Waals surface area contributed by atoms with E-state index >= 15 is 0 Å². The average Bonchev–Trinajstić information content (AvgIpc) is 2.62. The first-order valence-corrected chi connectivity index (χ1v) is 8.95. The lowest BCUT2D eigenvalue weighted by molar-refractivity contribution is 0.181. The summed E-state index contributed by atoms with van der Waals surface area (Å²) in [6.07, 6.45) is 0. The highest BCUT2D eigenvalue weighted by atomic mass is 32.2. The molecular weight excluding hydrogens is 324 g/mol. The van der Waals surface area contributed by atoms with Crippen LogP contribution < -0.4 is 4.74 Å². The van der Waals surface area contributed by atoms with Gasteiger partial charge in [0.25, 0.3) is 0 Å². The second kappa shape index (κ2) is 6.63. The Morgan fingerprint density at radius 2 is 1.50 bits per heavy atom. The van der Waals surface area contributed by atoms with Gasteiger partial charge in [-0.1, -0.05) is 42.5 Å². The molecule has 0 fully saturated rings. The third kappa shape index (κ3) is 2.77. The van der Waals surface area contributed by atoms with Crippen molar-refractivity contribution in [3.8, 4) is 5.75 Å². The standard InChI is InChI=1S/C19H18O4S/c1-22-13-14-12-18(24(20,21)15-8-4-3-5-9-15)16-10-6-7-11-17(16)19(14)23-2/h3-12H,13H2,1-2H3. The molecule has 0 N–H and O–H groups in total. The van der Waals surface area contributed by atoms with Crippen LogP contribution in [0, 0.1) is 0 Å². The molecule has 5 heteroatoms. The molecule has 24 heavy (non-hydrogen) atoms. The van der Waals surface area contributed by atoms with E-state index in [2.05, 4.69) is 0 Å². The second-order valence-electron chi connectivity index (χ2n) is 5.36. The zero-order chi connectivity index (χ0) is 17.2. The lowest BCUT2D eigenvalue weighted by atomic mass is 10.1. The molecule has 3 aromatic carbocycles. The summed E-state index contributed by atoms with van der Waals surface area (Å²) in [5.41, 5.74) is 0.702. The van der Waals surface area contributed by atoms with Gasteiger partial charge in [-0.25, -0.2) is 8.42 Å². The van der Waals surface area contributed by atoms with Crippen molar-refractivity contribution < 1.29 is 17.9 Å². The normalized spacial score (nSPS) is 11.6. The van der Waals surface area contributed by atoms with Gasteiger partial charge in [-0.15, -0.1) is 0 Å². The molecule has 3 aromatic rings. The van der Waals surface area contributed by atoms with E-state index in [1.165, 1.54) is 0 Å². The molecular formula is C19H18O4S. The number of ether oxygens (including phenoxy) is 2. The highest BCUT2D eigenvalue weighted by molar-refractivity contribution is 7.91. The molecule has 0 saturated heterocycles. The molecule has 0 bridgehead atoms. The van der Waals surface area contributed by atoms with Crippen molar-refractivity contribution in [3.63, 3.8) is 0 Å². The van der Waals surface area contributed by atoms with Crippen molar-refractivity contribution in [2.24, 2.45) is 0 Å². The Morgan fingerprint density at radius 3 is 2.12 bits per heavy atom. The molecule has 0 radical (unpaired) electrons. The molecule has 0 aliphatic carbocycles. The van der Waals surface area contributed by atoms with Crippen LogP contribution in [0.15, 0.2) is 70.5 Å². The molecule has 0 heterocycles. The summed E-state index contributed by atoms with van der Waals surface area (Å²) in [5, 5.41) is 1.39. The fraction of sp³-hybridized carbons (Fsp3) is 0.158. The molecule has 0 saturated carbocycles. The average molecular weight is 342 g/mol. The first kappa shape index (κ1) is 16.5. The van der Waals surface area contributed by atoms with Crippen LogP contribution in [-0.4, -0.2) is 22.6 Å². The molecule has 0 aliphatic heterocycles. The van der Waals surface area contributed by atoms with Crippen LogP contribution in [0.3, 0.4) is 0 Å². The summed E-state index contributed by atoms with van der Waals surface area (Å²) in [6.45, 7) is 0.269. The molecule has 0 atom stereocenters. The van der Waals surface area contributed by atoms with Gasteiger partial charge in [-0.2, -0.15) is 0 Å². The molecule has 0 unspecified atom stereocenters. The number of hydrogen-bond acceptors (Lipinski definition) is 4. The largest absolute Gasteiger partial charge is 0.496 e. The van der Waals surface area contributed by atoms with Crippen LogP contribution in [0.5, 0.6) is 5.75 Å². The molecule has 0 aliphatic rings. The Kier molecular flexibility index (Phi) is 4.55. The van der Waals surface area contributed by atoms with Crippen molar-refractivity contribution in [2.75, 3.05) is 14.2 Å². The first-order valence-electron chi connectivity index (χ1n) is 7.47. The maximum atomic E-state index is 13.1. The summed E-state index contributed by atoms with van der Waals surface area (Å²) in [5.74, 6) is 0.638. The number of benzene rings is 3. The number of rotatable bonds is 5. The van der Waals surface area contributed by atoms with Gasteiger partial charge in [-0.05, 0) is 18.2 Å². The fourth-order valence-corrected chi connectivity index (χ4v) is 4.36. The van der Waals surface area contributed by atoms with Gasteiger partial charge in [0.15, 0.2) is 0 Å². The topological polar surface area (TPSA) is 52.6 Å². The second-order valence-corrected chi connectivity index (χ2v) is 7.28. The Morgan fingerprint density at radius 1 is 0.875 bits per heavy atom. The van der Waals surface area contributed by atoms with Crippen LogP contribution in [0.2, 0.25) is 0 Å². The fourth-order valence-electron chi connectivity index (χ4n) is 2.82. The lowest BCUT2D eigenvalue weighted by Gasteiger charge is -2.15. The SMILES string of the molecule is COCc1cc(S(=O)(=O)c2ccccc2)c2ccccc2c1OC. The first-order chi connectivity index (χ1) is 11.6. The minimum Gasteiger partial charge on any atom is -0.496 e. The highest BCUT2D eigenvalue weighted by Crippen LogP contribution is 2.37. The molecule has 4 nitrogen and oxygen atoms in total. The van der Waals surface area contributed by atoms with Gasteiger partial charge in [-0.3, -0.25) is 0 Å². The summed E-state index contributed by atoms with van der Waals surface area (Å²) in [6, 6.07) is 17.4. The van der Waals surface area contributed by atoms with E-state index in [0.717, 1.165) is 5.39 Å². The van der Waals surface area contributed by atoms with Crippen LogP contribution in [0.1, 0.15) is 5.56 Å². The smallest absolute Gasteiger partial charge is 0.207 e. The zero-order valence-corrected chi connectivity index (χ0v) is 14.3. The Hall–Kier alpha value is -2.37. The highest BCUT2D eigenvalue weighted by Gasteiger charge is 2.23. The maximum absolute atomic E-state index is 13.1. The van der Waals surface area contributed by atoms with Gasteiger partial charge in [0.1, 0.15) is 5.75 Å². The van der Waals surface area contributed by atoms with Crippen molar-refractivity contribution in [1.29, 1.82) is 0 Å². The summed E-state index contributed by atoms with van der Waals surface area (Å²) < 4.78 is 37.0. The summed E-state index contributed by atoms with van der Waals surface area (Å²) >= 11 is 0. The van der Waals surface area contributed by atoms with Gasteiger partial charge in [0.05, 0.1) is 23.5 Å². The predicted molar refractivity (Wildman–Crippen MR) is 93.1 cm³/mol. The van der Waals surface area contributed by atoms with E-state index in [4.69, 9.17) is 9.47 Å². The molecule has 3 rings (SSSR count). The Balaban J connectivity index is 2.36. The molecule has 124 valence electrons. The van der Waals surface area contributed by atoms with Gasteiger partial charge in [0.2, 0.25) is 9.84 Å². The lowest BCUT2D eigenvalue weighted by Crippen LogP contribution is -2.05. The van der Waals surface area contributed by atoms with Crippen molar-refractivity contribution in [3.05, 3.63) is 66.2 Å². The summed E-state index contributed by atoms with van der Waals surface area (Å²) in [7, 11) is -0.497. The minimum absolute atomic E-state index is 0.261. The van der Waals surface area contributed by atoms with E-state index in [1.54, 1.807) is 56.7 Å². The third-order valence-electron chi connectivity index (χ3n) is 3.88. The van der Waals surface area contributed by atoms with Crippen molar-refractivity contribution >= 4 is 20.6 Å². The number of fused-ring (bicyclic) bond motifs is 1. The van der Waals surface area contributed by atoms with Crippen molar-refractivity contribution in [2.45, 2.75) is 16.4 Å². The van der Waals surface area contributed by atoms with E-state index in [9.17, 15) is 8.42 Å². The van der Waals surface area contributed by atoms with Crippen LogP contribution in [0.25, 0.3) is 10.8 Å². The van der Waals surface area contributed by atoms with Crippen LogP contribution in [-0.2, 0) is 21.2 Å². The van der Waals surface area contributed by atoms with E-state index < -0.39 is 9.84 Å². The van der Waals surface area contributed by atoms with Gasteiger partial charge < -0.3 is 9.47 Å². The molecule has 0 aromatic heterocycles.